The van der Waals surface area contributed by atoms with Gasteiger partial charge in [-0.05, 0) is 37.8 Å². The molecule has 0 bridgehead atoms. The van der Waals surface area contributed by atoms with Gasteiger partial charge in [0.15, 0.2) is 5.13 Å². The molecule has 2 aromatic rings. The predicted molar refractivity (Wildman–Crippen MR) is 86.9 cm³/mol. The average Bonchev–Trinajstić information content (AvgIpc) is 2.80. The predicted octanol–water partition coefficient (Wildman–Crippen LogP) is 4.25. The van der Waals surface area contributed by atoms with Crippen molar-refractivity contribution in [3.8, 4) is 5.75 Å². The van der Waals surface area contributed by atoms with E-state index in [-0.39, 0.29) is 0 Å². The fourth-order valence-electron chi connectivity index (χ4n) is 1.86. The summed E-state index contributed by atoms with van der Waals surface area (Å²) in [6.45, 7) is 4.90. The van der Waals surface area contributed by atoms with Crippen LogP contribution in [0, 0.1) is 0 Å². The minimum atomic E-state index is 0.488. The summed E-state index contributed by atoms with van der Waals surface area (Å²) < 4.78 is 6.69. The highest BCUT2D eigenvalue weighted by Gasteiger charge is 2.09. The molecule has 3 nitrogen and oxygen atoms in total. The van der Waals surface area contributed by atoms with Crippen LogP contribution >= 0.6 is 23.1 Å². The Kier molecular flexibility index (Phi) is 5.34. The third-order valence-electron chi connectivity index (χ3n) is 2.86. The monoisotopic (exact) mass is 296 g/mol. The Morgan fingerprint density at radius 1 is 1.42 bits per heavy atom. The summed E-state index contributed by atoms with van der Waals surface area (Å²) in [5.74, 6) is 2.03. The van der Waals surface area contributed by atoms with E-state index >= 15 is 0 Å². The van der Waals surface area contributed by atoms with Crippen molar-refractivity contribution in [3.63, 3.8) is 0 Å². The van der Waals surface area contributed by atoms with Crippen LogP contribution in [0.1, 0.15) is 20.3 Å². The molecule has 1 unspecified atom stereocenters. The van der Waals surface area contributed by atoms with Crippen LogP contribution in [0.15, 0.2) is 18.2 Å². The van der Waals surface area contributed by atoms with Crippen LogP contribution in [0.3, 0.4) is 0 Å². The molecule has 0 fully saturated rings. The first-order valence-corrected chi connectivity index (χ1v) is 8.76. The van der Waals surface area contributed by atoms with Crippen molar-refractivity contribution in [3.05, 3.63) is 18.2 Å². The smallest absolute Gasteiger partial charge is 0.184 e. The summed E-state index contributed by atoms with van der Waals surface area (Å²) >= 11 is 3.56. The maximum atomic E-state index is 5.52. The SMILES string of the molecule is CCOc1ccc2nc(NC(CC)CSC)sc2c1. The van der Waals surface area contributed by atoms with Crippen molar-refractivity contribution in [2.24, 2.45) is 0 Å². The van der Waals surface area contributed by atoms with E-state index in [2.05, 4.69) is 29.5 Å². The lowest BCUT2D eigenvalue weighted by Crippen LogP contribution is -2.20. The second kappa shape index (κ2) is 7.01. The summed E-state index contributed by atoms with van der Waals surface area (Å²) in [4.78, 5) is 4.63. The molecule has 0 spiro atoms. The summed E-state index contributed by atoms with van der Waals surface area (Å²) in [6, 6.07) is 6.56. The van der Waals surface area contributed by atoms with Gasteiger partial charge >= 0.3 is 0 Å². The molecule has 1 aromatic carbocycles. The summed E-state index contributed by atoms with van der Waals surface area (Å²) in [7, 11) is 0. The molecular weight excluding hydrogens is 276 g/mol. The van der Waals surface area contributed by atoms with E-state index in [1.807, 2.05) is 30.8 Å². The zero-order chi connectivity index (χ0) is 13.7. The normalized spacial score (nSPS) is 12.6. The van der Waals surface area contributed by atoms with Crippen molar-refractivity contribution in [1.29, 1.82) is 0 Å². The maximum Gasteiger partial charge on any atom is 0.184 e. The molecule has 5 heteroatoms. The van der Waals surface area contributed by atoms with Crippen molar-refractivity contribution in [1.82, 2.24) is 4.98 Å². The van der Waals surface area contributed by atoms with Crippen LogP contribution in [0.4, 0.5) is 5.13 Å². The summed E-state index contributed by atoms with van der Waals surface area (Å²) in [5, 5.41) is 4.52. The Balaban J connectivity index is 2.16. The Morgan fingerprint density at radius 3 is 2.95 bits per heavy atom. The number of rotatable bonds is 7. The van der Waals surface area contributed by atoms with Crippen molar-refractivity contribution in [2.75, 3.05) is 23.9 Å². The lowest BCUT2D eigenvalue weighted by Gasteiger charge is -2.14. The molecule has 0 aliphatic heterocycles. The third kappa shape index (κ3) is 3.76. The Morgan fingerprint density at radius 2 is 2.26 bits per heavy atom. The zero-order valence-corrected chi connectivity index (χ0v) is 13.2. The van der Waals surface area contributed by atoms with E-state index in [1.54, 1.807) is 11.3 Å². The number of hydrogen-bond donors (Lipinski definition) is 1. The van der Waals surface area contributed by atoms with Crippen LogP contribution in [0.2, 0.25) is 0 Å². The number of aromatic nitrogens is 1. The quantitative estimate of drug-likeness (QED) is 0.828. The number of fused-ring (bicyclic) bond motifs is 1. The largest absolute Gasteiger partial charge is 0.494 e. The number of ether oxygens (including phenoxy) is 1. The fraction of sp³-hybridized carbons (Fsp3) is 0.500. The van der Waals surface area contributed by atoms with Gasteiger partial charge in [-0.25, -0.2) is 4.98 Å². The first kappa shape index (κ1) is 14.5. The van der Waals surface area contributed by atoms with Crippen LogP contribution in [-0.2, 0) is 0 Å². The van der Waals surface area contributed by atoms with Crippen LogP contribution in [0.5, 0.6) is 5.75 Å². The van der Waals surface area contributed by atoms with Gasteiger partial charge in [0.2, 0.25) is 0 Å². The number of anilines is 1. The van der Waals surface area contributed by atoms with Crippen molar-refractivity contribution in [2.45, 2.75) is 26.3 Å². The lowest BCUT2D eigenvalue weighted by molar-refractivity contribution is 0.341. The van der Waals surface area contributed by atoms with Crippen LogP contribution < -0.4 is 10.1 Å². The van der Waals surface area contributed by atoms with E-state index in [9.17, 15) is 0 Å². The van der Waals surface area contributed by atoms with Gasteiger partial charge in [-0.2, -0.15) is 11.8 Å². The fourth-order valence-corrected chi connectivity index (χ4v) is 3.55. The van der Waals surface area contributed by atoms with Crippen molar-refractivity contribution >= 4 is 38.4 Å². The van der Waals surface area contributed by atoms with Crippen LogP contribution in [0.25, 0.3) is 10.2 Å². The van der Waals surface area contributed by atoms with Crippen LogP contribution in [-0.4, -0.2) is 29.6 Å². The molecular formula is C14H20N2OS2. The number of hydrogen-bond acceptors (Lipinski definition) is 5. The van der Waals surface area contributed by atoms with E-state index in [1.165, 1.54) is 4.70 Å². The maximum absolute atomic E-state index is 5.52. The number of nitrogens with one attached hydrogen (secondary N) is 1. The molecule has 1 N–H and O–H groups in total. The minimum absolute atomic E-state index is 0.488. The topological polar surface area (TPSA) is 34.1 Å². The molecule has 104 valence electrons. The first-order chi connectivity index (χ1) is 9.26. The standard InChI is InChI=1S/C14H20N2OS2/c1-4-10(9-18-3)15-14-16-12-7-6-11(17-5-2)8-13(12)19-14/h6-8,10H,4-5,9H2,1-3H3,(H,15,16). The van der Waals surface area contributed by atoms with Gasteiger partial charge in [0.1, 0.15) is 5.75 Å². The number of nitrogens with zero attached hydrogens (tertiary/aromatic N) is 1. The number of thioether (sulfide) groups is 1. The minimum Gasteiger partial charge on any atom is -0.494 e. The van der Waals surface area contributed by atoms with E-state index in [0.717, 1.165) is 28.6 Å². The van der Waals surface area contributed by atoms with Gasteiger partial charge in [-0.3, -0.25) is 0 Å². The Labute approximate surface area is 122 Å². The number of thiazole rings is 1. The van der Waals surface area contributed by atoms with Gasteiger partial charge in [0, 0.05) is 11.8 Å². The second-order valence-corrected chi connectivity index (χ2v) is 6.23. The molecule has 0 saturated carbocycles. The van der Waals surface area contributed by atoms with Gasteiger partial charge in [-0.15, -0.1) is 0 Å². The Bertz CT molecular complexity index is 527. The van der Waals surface area contributed by atoms with Gasteiger partial charge in [0.25, 0.3) is 0 Å². The highest BCUT2D eigenvalue weighted by Crippen LogP contribution is 2.30. The van der Waals surface area contributed by atoms with Gasteiger partial charge < -0.3 is 10.1 Å². The molecule has 1 atom stereocenters. The molecule has 0 saturated heterocycles. The molecule has 0 amide bonds. The second-order valence-electron chi connectivity index (χ2n) is 4.29. The first-order valence-electron chi connectivity index (χ1n) is 6.55. The van der Waals surface area contributed by atoms with E-state index in [0.29, 0.717) is 12.6 Å². The molecule has 2 rings (SSSR count). The zero-order valence-electron chi connectivity index (χ0n) is 11.6. The Hall–Kier alpha value is -0.940. The lowest BCUT2D eigenvalue weighted by atomic mass is 10.3. The number of benzene rings is 1. The van der Waals surface area contributed by atoms with Gasteiger partial charge in [0.05, 0.1) is 16.8 Å². The highest BCUT2D eigenvalue weighted by molar-refractivity contribution is 7.98. The summed E-state index contributed by atoms with van der Waals surface area (Å²) in [6.07, 6.45) is 3.25. The van der Waals surface area contributed by atoms with E-state index in [4.69, 9.17) is 4.74 Å². The van der Waals surface area contributed by atoms with E-state index < -0.39 is 0 Å². The van der Waals surface area contributed by atoms with Gasteiger partial charge in [-0.1, -0.05) is 18.3 Å². The molecule has 0 aliphatic rings. The van der Waals surface area contributed by atoms with Crippen molar-refractivity contribution < 1.29 is 4.74 Å². The molecule has 1 heterocycles. The third-order valence-corrected chi connectivity index (χ3v) is 4.54. The summed E-state index contributed by atoms with van der Waals surface area (Å²) in [5.41, 5.74) is 1.04. The molecule has 1 aromatic heterocycles. The molecule has 19 heavy (non-hydrogen) atoms. The molecule has 0 aliphatic carbocycles. The molecule has 0 radical (unpaired) electrons. The average molecular weight is 296 g/mol. The highest BCUT2D eigenvalue weighted by atomic mass is 32.2.